The summed E-state index contributed by atoms with van der Waals surface area (Å²) in [5, 5.41) is 6.52. The van der Waals surface area contributed by atoms with E-state index in [2.05, 4.69) is 24.5 Å². The molecule has 1 saturated heterocycles. The Hall–Kier alpha value is -1.75. The largest absolute Gasteiger partial charge is 0.454 e. The summed E-state index contributed by atoms with van der Waals surface area (Å²) in [5.74, 6) is 1.26. The molecule has 0 saturated carbocycles. The minimum Gasteiger partial charge on any atom is -0.454 e. The van der Waals surface area contributed by atoms with Crippen LogP contribution in [0, 0.1) is 5.41 Å². The van der Waals surface area contributed by atoms with Gasteiger partial charge >= 0.3 is 0 Å². The molecule has 2 aliphatic rings. The number of piperidine rings is 1. The van der Waals surface area contributed by atoms with Crippen molar-refractivity contribution in [3.05, 3.63) is 23.8 Å². The summed E-state index contributed by atoms with van der Waals surface area (Å²) in [6.45, 7) is 6.38. The average molecular weight is 290 g/mol. The molecule has 2 heterocycles. The Morgan fingerprint density at radius 1 is 1.38 bits per heavy atom. The van der Waals surface area contributed by atoms with Gasteiger partial charge in [-0.25, -0.2) is 0 Å². The molecule has 0 spiro atoms. The van der Waals surface area contributed by atoms with Gasteiger partial charge in [0.1, 0.15) is 0 Å². The van der Waals surface area contributed by atoms with Crippen molar-refractivity contribution in [2.45, 2.75) is 32.7 Å². The number of carbonyl (C=O) groups is 1. The minimum atomic E-state index is -0.0727. The number of hydrogen-bond acceptors (Lipinski definition) is 4. The normalized spacial score (nSPS) is 22.9. The van der Waals surface area contributed by atoms with E-state index in [1.807, 2.05) is 0 Å². The Morgan fingerprint density at radius 2 is 2.19 bits per heavy atom. The molecule has 1 aromatic rings. The molecule has 2 N–H and O–H groups in total. The van der Waals surface area contributed by atoms with E-state index in [4.69, 9.17) is 9.47 Å². The molecular formula is C16H22N2O3. The van der Waals surface area contributed by atoms with Gasteiger partial charge in [0.05, 0.1) is 0 Å². The molecule has 0 bridgehead atoms. The van der Waals surface area contributed by atoms with Crippen molar-refractivity contribution in [3.8, 4) is 11.5 Å². The van der Waals surface area contributed by atoms with Gasteiger partial charge in [-0.3, -0.25) is 4.79 Å². The average Bonchev–Trinajstić information content (AvgIpc) is 2.92. The van der Waals surface area contributed by atoms with E-state index in [-0.39, 0.29) is 18.1 Å². The first-order valence-corrected chi connectivity index (χ1v) is 7.47. The Balaban J connectivity index is 1.61. The zero-order valence-corrected chi connectivity index (χ0v) is 12.6. The van der Waals surface area contributed by atoms with E-state index in [1.54, 1.807) is 18.2 Å². The first-order chi connectivity index (χ1) is 10.1. The van der Waals surface area contributed by atoms with Crippen molar-refractivity contribution >= 4 is 5.91 Å². The molecular weight excluding hydrogens is 268 g/mol. The van der Waals surface area contributed by atoms with Crippen LogP contribution in [0.1, 0.15) is 37.0 Å². The Labute approximate surface area is 125 Å². The van der Waals surface area contributed by atoms with Crippen LogP contribution in [-0.4, -0.2) is 31.8 Å². The van der Waals surface area contributed by atoms with Crippen LogP contribution < -0.4 is 20.1 Å². The summed E-state index contributed by atoms with van der Waals surface area (Å²) >= 11 is 0. The topological polar surface area (TPSA) is 59.6 Å². The molecule has 1 amide bonds. The summed E-state index contributed by atoms with van der Waals surface area (Å²) < 4.78 is 10.6. The quantitative estimate of drug-likeness (QED) is 0.893. The van der Waals surface area contributed by atoms with E-state index in [1.165, 1.54) is 12.8 Å². The number of carbonyl (C=O) groups excluding carboxylic acids is 1. The second kappa shape index (κ2) is 5.56. The minimum absolute atomic E-state index is 0.0727. The highest BCUT2D eigenvalue weighted by molar-refractivity contribution is 5.94. The zero-order valence-electron chi connectivity index (χ0n) is 12.6. The molecule has 1 unspecified atom stereocenters. The lowest BCUT2D eigenvalue weighted by atomic mass is 9.77. The highest BCUT2D eigenvalue weighted by atomic mass is 16.7. The van der Waals surface area contributed by atoms with Gasteiger partial charge in [-0.2, -0.15) is 0 Å². The summed E-state index contributed by atoms with van der Waals surface area (Å²) in [5.41, 5.74) is 0.813. The highest BCUT2D eigenvalue weighted by Gasteiger charge is 2.32. The van der Waals surface area contributed by atoms with Gasteiger partial charge in [0.15, 0.2) is 11.5 Å². The van der Waals surface area contributed by atoms with Gasteiger partial charge in [0, 0.05) is 18.2 Å². The van der Waals surface area contributed by atoms with Crippen molar-refractivity contribution in [2.75, 3.05) is 19.9 Å². The van der Waals surface area contributed by atoms with Gasteiger partial charge in [-0.1, -0.05) is 13.8 Å². The lowest BCUT2D eigenvalue weighted by Gasteiger charge is -2.39. The molecule has 0 aromatic heterocycles. The van der Waals surface area contributed by atoms with Crippen LogP contribution in [0.5, 0.6) is 11.5 Å². The van der Waals surface area contributed by atoms with Gasteiger partial charge in [0.25, 0.3) is 5.91 Å². The summed E-state index contributed by atoms with van der Waals surface area (Å²) in [7, 11) is 0. The number of ether oxygens (including phenoxy) is 2. The number of fused-ring (bicyclic) bond motifs is 1. The van der Waals surface area contributed by atoms with Gasteiger partial charge < -0.3 is 20.1 Å². The predicted molar refractivity (Wildman–Crippen MR) is 79.7 cm³/mol. The molecule has 1 fully saturated rings. The fraction of sp³-hybridized carbons (Fsp3) is 0.562. The number of benzene rings is 1. The molecule has 3 rings (SSSR count). The van der Waals surface area contributed by atoms with Crippen LogP contribution in [0.25, 0.3) is 0 Å². The summed E-state index contributed by atoms with van der Waals surface area (Å²) in [4.78, 5) is 12.3. The standard InChI is InChI=1S/C16H22N2O3/c1-16(2)6-3-7-17-14(16)9-18-15(19)11-4-5-12-13(8-11)21-10-20-12/h4-5,8,14,17H,3,6-7,9-10H2,1-2H3,(H,18,19). The van der Waals surface area contributed by atoms with Crippen LogP contribution in [0.15, 0.2) is 18.2 Å². The predicted octanol–water partition coefficient (Wildman–Crippen LogP) is 1.92. The molecule has 1 aromatic carbocycles. The summed E-state index contributed by atoms with van der Waals surface area (Å²) in [6.07, 6.45) is 2.38. The molecule has 5 heteroatoms. The first-order valence-electron chi connectivity index (χ1n) is 7.47. The van der Waals surface area contributed by atoms with Gasteiger partial charge in [-0.05, 0) is 43.0 Å². The Bertz CT molecular complexity index is 542. The van der Waals surface area contributed by atoms with Crippen molar-refractivity contribution in [1.29, 1.82) is 0 Å². The maximum absolute atomic E-state index is 12.3. The SMILES string of the molecule is CC1(C)CCCNC1CNC(=O)c1ccc2c(c1)OCO2. The van der Waals surface area contributed by atoms with Crippen molar-refractivity contribution in [1.82, 2.24) is 10.6 Å². The fourth-order valence-electron chi connectivity index (χ4n) is 2.95. The molecule has 0 aliphatic carbocycles. The summed E-state index contributed by atoms with van der Waals surface area (Å²) in [6, 6.07) is 5.59. The first kappa shape index (κ1) is 14.2. The number of hydrogen-bond donors (Lipinski definition) is 2. The fourth-order valence-corrected chi connectivity index (χ4v) is 2.95. The van der Waals surface area contributed by atoms with E-state index in [0.717, 1.165) is 6.54 Å². The maximum Gasteiger partial charge on any atom is 0.251 e. The van der Waals surface area contributed by atoms with Crippen molar-refractivity contribution in [3.63, 3.8) is 0 Å². The highest BCUT2D eigenvalue weighted by Crippen LogP contribution is 2.32. The second-order valence-corrected chi connectivity index (χ2v) is 6.38. The lowest BCUT2D eigenvalue weighted by Crippen LogP contribution is -2.52. The van der Waals surface area contributed by atoms with Gasteiger partial charge in [0.2, 0.25) is 6.79 Å². The third-order valence-corrected chi connectivity index (χ3v) is 4.43. The number of nitrogens with one attached hydrogen (secondary N) is 2. The lowest BCUT2D eigenvalue weighted by molar-refractivity contribution is 0.0928. The molecule has 1 atom stereocenters. The monoisotopic (exact) mass is 290 g/mol. The van der Waals surface area contributed by atoms with Crippen LogP contribution >= 0.6 is 0 Å². The molecule has 0 radical (unpaired) electrons. The third kappa shape index (κ3) is 2.97. The third-order valence-electron chi connectivity index (χ3n) is 4.43. The van der Waals surface area contributed by atoms with Crippen molar-refractivity contribution in [2.24, 2.45) is 5.41 Å². The van der Waals surface area contributed by atoms with Crippen LogP contribution in [0.2, 0.25) is 0 Å². The van der Waals surface area contributed by atoms with E-state index in [9.17, 15) is 4.79 Å². The molecule has 2 aliphatic heterocycles. The second-order valence-electron chi connectivity index (χ2n) is 6.38. The van der Waals surface area contributed by atoms with Crippen LogP contribution in [0.4, 0.5) is 0 Å². The van der Waals surface area contributed by atoms with Gasteiger partial charge in [-0.15, -0.1) is 0 Å². The Morgan fingerprint density at radius 3 is 3.00 bits per heavy atom. The molecule has 5 nitrogen and oxygen atoms in total. The zero-order chi connectivity index (χ0) is 14.9. The van der Waals surface area contributed by atoms with E-state index < -0.39 is 0 Å². The molecule has 114 valence electrons. The van der Waals surface area contributed by atoms with E-state index in [0.29, 0.717) is 29.6 Å². The Kier molecular flexibility index (Phi) is 3.76. The van der Waals surface area contributed by atoms with Crippen LogP contribution in [0.3, 0.4) is 0 Å². The smallest absolute Gasteiger partial charge is 0.251 e. The number of amides is 1. The maximum atomic E-state index is 12.3. The van der Waals surface area contributed by atoms with Crippen molar-refractivity contribution < 1.29 is 14.3 Å². The number of rotatable bonds is 3. The van der Waals surface area contributed by atoms with E-state index >= 15 is 0 Å². The van der Waals surface area contributed by atoms with Crippen LogP contribution in [-0.2, 0) is 0 Å². The molecule has 21 heavy (non-hydrogen) atoms.